The van der Waals surface area contributed by atoms with Crippen molar-refractivity contribution in [2.24, 2.45) is 4.99 Å². The van der Waals surface area contributed by atoms with Crippen molar-refractivity contribution in [1.82, 2.24) is 9.55 Å². The van der Waals surface area contributed by atoms with Crippen molar-refractivity contribution in [2.45, 2.75) is 13.8 Å². The third kappa shape index (κ3) is 2.94. The number of hydrogen-bond acceptors (Lipinski definition) is 4. The van der Waals surface area contributed by atoms with Crippen LogP contribution in [0.1, 0.15) is 23.6 Å². The van der Waals surface area contributed by atoms with Crippen LogP contribution in [0, 0.1) is 11.7 Å². The molecule has 2 N–H and O–H groups in total. The SMILES string of the molecule is CC1=Nc2ccccc2C1=Cc1c(O)n(-c2ccc(C)cc2)c(=S)[nH]c1=O. The van der Waals surface area contributed by atoms with Gasteiger partial charge in [-0.25, -0.2) is 0 Å². The zero-order valence-corrected chi connectivity index (χ0v) is 15.7. The molecule has 0 bridgehead atoms. The molecule has 3 aromatic rings. The molecule has 6 heteroatoms. The van der Waals surface area contributed by atoms with Gasteiger partial charge in [0.2, 0.25) is 5.88 Å². The van der Waals surface area contributed by atoms with Crippen molar-refractivity contribution < 1.29 is 5.11 Å². The number of aromatic hydroxyl groups is 1. The molecule has 1 aliphatic heterocycles. The first-order valence-electron chi connectivity index (χ1n) is 8.48. The molecule has 5 nitrogen and oxygen atoms in total. The molecule has 2 heterocycles. The zero-order valence-electron chi connectivity index (χ0n) is 14.9. The quantitative estimate of drug-likeness (QED) is 0.645. The van der Waals surface area contributed by atoms with Crippen LogP contribution in [0.2, 0.25) is 0 Å². The second-order valence-electron chi connectivity index (χ2n) is 6.44. The standard InChI is InChI=1S/C21H17N3O2S/c1-12-7-9-14(10-8-12)24-20(26)17(19(25)23-21(24)27)11-16-13(2)22-18-6-4-3-5-15(16)18/h3-11,26H,1-2H3,(H,23,25,27). The Morgan fingerprint density at radius 2 is 1.81 bits per heavy atom. The number of aromatic nitrogens is 2. The van der Waals surface area contributed by atoms with Gasteiger partial charge in [-0.1, -0.05) is 35.9 Å². The number of aromatic amines is 1. The fraction of sp³-hybridized carbons (Fsp3) is 0.0952. The third-order valence-electron chi connectivity index (χ3n) is 4.57. The van der Waals surface area contributed by atoms with E-state index >= 15 is 0 Å². The minimum Gasteiger partial charge on any atom is -0.494 e. The first-order valence-corrected chi connectivity index (χ1v) is 8.88. The van der Waals surface area contributed by atoms with Crippen molar-refractivity contribution >= 4 is 35.3 Å². The number of nitrogens with one attached hydrogen (secondary N) is 1. The maximum Gasteiger partial charge on any atom is 0.262 e. The molecule has 0 aliphatic carbocycles. The lowest BCUT2D eigenvalue weighted by Crippen LogP contribution is -2.16. The Kier molecular flexibility index (Phi) is 4.12. The maximum atomic E-state index is 12.5. The Morgan fingerprint density at radius 3 is 2.56 bits per heavy atom. The molecule has 0 saturated carbocycles. The van der Waals surface area contributed by atoms with Crippen LogP contribution in [0.4, 0.5) is 5.69 Å². The first kappa shape index (κ1) is 17.2. The average Bonchev–Trinajstić information content (AvgIpc) is 2.95. The first-order chi connectivity index (χ1) is 13.0. The van der Waals surface area contributed by atoms with Gasteiger partial charge >= 0.3 is 0 Å². The number of nitrogens with zero attached hydrogens (tertiary/aromatic N) is 2. The molecule has 1 aromatic heterocycles. The fourth-order valence-electron chi connectivity index (χ4n) is 3.16. The summed E-state index contributed by atoms with van der Waals surface area (Å²) in [4.78, 5) is 19.7. The molecular weight excluding hydrogens is 358 g/mol. The van der Waals surface area contributed by atoms with Gasteiger partial charge in [0.05, 0.1) is 11.4 Å². The van der Waals surface area contributed by atoms with Crippen LogP contribution in [0.5, 0.6) is 5.88 Å². The monoisotopic (exact) mass is 375 g/mol. The minimum atomic E-state index is -0.439. The zero-order chi connectivity index (χ0) is 19.1. The van der Waals surface area contributed by atoms with Gasteiger partial charge in [-0.2, -0.15) is 0 Å². The van der Waals surface area contributed by atoms with Gasteiger partial charge in [-0.15, -0.1) is 0 Å². The van der Waals surface area contributed by atoms with Gasteiger partial charge in [-0.05, 0) is 50.3 Å². The lowest BCUT2D eigenvalue weighted by molar-refractivity contribution is 0.432. The Hall–Kier alpha value is -3.25. The Morgan fingerprint density at radius 1 is 1.11 bits per heavy atom. The lowest BCUT2D eigenvalue weighted by atomic mass is 10.0. The highest BCUT2D eigenvalue weighted by molar-refractivity contribution is 7.71. The summed E-state index contributed by atoms with van der Waals surface area (Å²) < 4.78 is 1.59. The summed E-state index contributed by atoms with van der Waals surface area (Å²) in [5.74, 6) is -0.197. The van der Waals surface area contributed by atoms with Crippen molar-refractivity contribution in [3.05, 3.63) is 80.3 Å². The Balaban J connectivity index is 1.94. The third-order valence-corrected chi connectivity index (χ3v) is 4.86. The Bertz CT molecular complexity index is 1230. The smallest absolute Gasteiger partial charge is 0.262 e. The van der Waals surface area contributed by atoms with Crippen LogP contribution in [0.15, 0.2) is 58.3 Å². The lowest BCUT2D eigenvalue weighted by Gasteiger charge is -2.12. The molecule has 134 valence electrons. The molecule has 0 amide bonds. The molecule has 0 spiro atoms. The summed E-state index contributed by atoms with van der Waals surface area (Å²) in [7, 11) is 0. The van der Waals surface area contributed by atoms with Gasteiger partial charge in [0.15, 0.2) is 4.77 Å². The molecule has 0 saturated heterocycles. The van der Waals surface area contributed by atoms with Gasteiger partial charge in [-0.3, -0.25) is 19.3 Å². The van der Waals surface area contributed by atoms with E-state index in [0.717, 1.165) is 28.1 Å². The molecule has 2 aromatic carbocycles. The summed E-state index contributed by atoms with van der Waals surface area (Å²) in [6.07, 6.45) is 1.66. The molecule has 27 heavy (non-hydrogen) atoms. The summed E-state index contributed by atoms with van der Waals surface area (Å²) >= 11 is 5.27. The van der Waals surface area contributed by atoms with E-state index in [2.05, 4.69) is 9.98 Å². The normalized spacial score (nSPS) is 14.3. The van der Waals surface area contributed by atoms with Crippen LogP contribution in [0.3, 0.4) is 0 Å². The van der Waals surface area contributed by atoms with E-state index in [-0.39, 0.29) is 16.2 Å². The molecule has 0 fully saturated rings. The second-order valence-corrected chi connectivity index (χ2v) is 6.83. The number of aliphatic imine (C=N–C) groups is 1. The van der Waals surface area contributed by atoms with Crippen LogP contribution in [0.25, 0.3) is 17.3 Å². The number of fused-ring (bicyclic) bond motifs is 1. The number of hydrogen-bond donors (Lipinski definition) is 2. The van der Waals surface area contributed by atoms with Crippen LogP contribution >= 0.6 is 12.2 Å². The van der Waals surface area contributed by atoms with E-state index in [0.29, 0.717) is 5.69 Å². The van der Waals surface area contributed by atoms with E-state index in [4.69, 9.17) is 12.2 Å². The highest BCUT2D eigenvalue weighted by Gasteiger charge is 2.20. The van der Waals surface area contributed by atoms with Crippen LogP contribution < -0.4 is 5.56 Å². The van der Waals surface area contributed by atoms with Gasteiger partial charge < -0.3 is 5.11 Å². The topological polar surface area (TPSA) is 70.4 Å². The summed E-state index contributed by atoms with van der Waals surface area (Å²) in [6, 6.07) is 15.2. The average molecular weight is 375 g/mol. The van der Waals surface area contributed by atoms with Crippen molar-refractivity contribution in [2.75, 3.05) is 0 Å². The van der Waals surface area contributed by atoms with E-state index in [1.807, 2.05) is 62.4 Å². The van der Waals surface area contributed by atoms with E-state index in [1.165, 1.54) is 4.57 Å². The summed E-state index contributed by atoms with van der Waals surface area (Å²) in [5, 5.41) is 10.9. The number of benzene rings is 2. The second kappa shape index (κ2) is 6.48. The molecule has 0 atom stereocenters. The number of para-hydroxylation sites is 1. The van der Waals surface area contributed by atoms with Crippen molar-refractivity contribution in [3.8, 4) is 11.6 Å². The molecule has 1 aliphatic rings. The molecule has 0 unspecified atom stereocenters. The van der Waals surface area contributed by atoms with Gasteiger partial charge in [0.25, 0.3) is 5.56 Å². The number of H-pyrrole nitrogens is 1. The predicted octanol–water partition coefficient (Wildman–Crippen LogP) is 4.56. The molecular formula is C21H17N3O2S. The summed E-state index contributed by atoms with van der Waals surface area (Å²) in [5.41, 5.74) is 4.85. The van der Waals surface area contributed by atoms with E-state index in [9.17, 15) is 9.90 Å². The number of rotatable bonds is 2. The summed E-state index contributed by atoms with van der Waals surface area (Å²) in [6.45, 7) is 3.86. The Labute approximate surface area is 161 Å². The van der Waals surface area contributed by atoms with Crippen molar-refractivity contribution in [3.63, 3.8) is 0 Å². The molecule has 4 rings (SSSR count). The molecule has 0 radical (unpaired) electrons. The predicted molar refractivity (Wildman–Crippen MR) is 111 cm³/mol. The van der Waals surface area contributed by atoms with Crippen LogP contribution in [-0.4, -0.2) is 20.4 Å². The maximum absolute atomic E-state index is 12.5. The van der Waals surface area contributed by atoms with Gasteiger partial charge in [0, 0.05) is 16.8 Å². The van der Waals surface area contributed by atoms with Crippen LogP contribution in [-0.2, 0) is 0 Å². The minimum absolute atomic E-state index is 0.140. The number of allylic oxidation sites excluding steroid dienone is 1. The highest BCUT2D eigenvalue weighted by Crippen LogP contribution is 2.36. The highest BCUT2D eigenvalue weighted by atomic mass is 32.1. The fourth-order valence-corrected chi connectivity index (χ4v) is 3.45. The number of aryl methyl sites for hydroxylation is 1. The van der Waals surface area contributed by atoms with Gasteiger partial charge in [0.1, 0.15) is 5.56 Å². The van der Waals surface area contributed by atoms with E-state index < -0.39 is 5.56 Å². The van der Waals surface area contributed by atoms with Crippen molar-refractivity contribution in [1.29, 1.82) is 0 Å². The largest absolute Gasteiger partial charge is 0.494 e. The van der Waals surface area contributed by atoms with E-state index in [1.54, 1.807) is 6.08 Å².